The Morgan fingerprint density at radius 1 is 0.290 bits per heavy atom. The quantitative estimate of drug-likeness (QED) is 0.0320. The van der Waals surface area contributed by atoms with E-state index in [1.165, 1.54) is 411 Å². The van der Waals surface area contributed by atoms with Crippen molar-refractivity contribution in [1.29, 1.82) is 0 Å². The summed E-state index contributed by atoms with van der Waals surface area (Å²) in [5.41, 5.74) is 0. The lowest BCUT2D eigenvalue weighted by molar-refractivity contribution is -0.143. The van der Waals surface area contributed by atoms with E-state index in [-0.39, 0.29) is 18.5 Å². The molecule has 6 nitrogen and oxygen atoms in total. The third-order valence-corrected chi connectivity index (χ3v) is 20.1. The van der Waals surface area contributed by atoms with Crippen LogP contribution in [-0.4, -0.2) is 47.4 Å². The highest BCUT2D eigenvalue weighted by atomic mass is 16.5. The number of hydrogen-bond donors (Lipinski definition) is 3. The van der Waals surface area contributed by atoms with Crippen molar-refractivity contribution in [3.05, 3.63) is 36.5 Å². The molecule has 0 aromatic carbocycles. The van der Waals surface area contributed by atoms with Crippen molar-refractivity contribution in [2.45, 2.75) is 495 Å². The van der Waals surface area contributed by atoms with Gasteiger partial charge in [0.2, 0.25) is 5.91 Å². The van der Waals surface area contributed by atoms with Gasteiger partial charge in [0, 0.05) is 12.8 Å². The van der Waals surface area contributed by atoms with Crippen LogP contribution in [0.15, 0.2) is 36.5 Å². The van der Waals surface area contributed by atoms with Crippen LogP contribution in [-0.2, 0) is 14.3 Å². The number of amides is 1. The lowest BCUT2D eigenvalue weighted by Gasteiger charge is -2.20. The predicted octanol–water partition coefficient (Wildman–Crippen LogP) is 28.6. The minimum Gasteiger partial charge on any atom is -0.466 e. The minimum absolute atomic E-state index is 0.0176. The number of carbonyl (C=O) groups excluding carboxylic acids is 2. The van der Waals surface area contributed by atoms with Crippen molar-refractivity contribution >= 4 is 11.9 Å². The number of ether oxygens (including phenoxy) is 1. The number of hydrogen-bond acceptors (Lipinski definition) is 5. The van der Waals surface area contributed by atoms with Gasteiger partial charge in [0.25, 0.3) is 0 Å². The molecule has 2 unspecified atom stereocenters. The van der Waals surface area contributed by atoms with Gasteiger partial charge in [-0.2, -0.15) is 0 Å². The van der Waals surface area contributed by atoms with Crippen LogP contribution in [0.4, 0.5) is 0 Å². The molecule has 0 aliphatic rings. The molecule has 0 aromatic heterocycles. The number of rotatable bonds is 81. The number of aliphatic hydroxyl groups is 2. The zero-order valence-electron chi connectivity index (χ0n) is 63.3. The van der Waals surface area contributed by atoms with E-state index in [1.54, 1.807) is 6.08 Å². The molecule has 0 bridgehead atoms. The van der Waals surface area contributed by atoms with Gasteiger partial charge in [-0.1, -0.05) is 423 Å². The van der Waals surface area contributed by atoms with E-state index in [2.05, 4.69) is 43.5 Å². The van der Waals surface area contributed by atoms with Crippen LogP contribution >= 0.6 is 0 Å². The first-order valence-corrected chi connectivity index (χ1v) is 42.8. The van der Waals surface area contributed by atoms with Crippen molar-refractivity contribution in [2.24, 2.45) is 0 Å². The Morgan fingerprint density at radius 3 is 0.763 bits per heavy atom. The van der Waals surface area contributed by atoms with Crippen molar-refractivity contribution in [3.8, 4) is 0 Å². The molecular weight excluding hydrogens is 1140 g/mol. The van der Waals surface area contributed by atoms with Crippen molar-refractivity contribution in [3.63, 3.8) is 0 Å². The summed E-state index contributed by atoms with van der Waals surface area (Å²) in [6.07, 6.45) is 109. The number of unbranched alkanes of at least 4 members (excludes halogenated alkanes) is 66. The van der Waals surface area contributed by atoms with Gasteiger partial charge in [0.1, 0.15) is 0 Å². The van der Waals surface area contributed by atoms with Crippen molar-refractivity contribution in [1.82, 2.24) is 5.32 Å². The third-order valence-electron chi connectivity index (χ3n) is 20.1. The third kappa shape index (κ3) is 79.0. The first kappa shape index (κ1) is 91.1. The monoisotopic (exact) mass is 1310 g/mol. The zero-order valence-corrected chi connectivity index (χ0v) is 63.3. The summed E-state index contributed by atoms with van der Waals surface area (Å²) >= 11 is 0. The summed E-state index contributed by atoms with van der Waals surface area (Å²) in [7, 11) is 0. The Labute approximate surface area is 583 Å². The second-order valence-electron chi connectivity index (χ2n) is 29.5. The number of nitrogens with one attached hydrogen (secondary N) is 1. The summed E-state index contributed by atoms with van der Waals surface area (Å²) in [5, 5.41) is 23.3. The number of aliphatic hydroxyl groups excluding tert-OH is 2. The summed E-state index contributed by atoms with van der Waals surface area (Å²) in [6.45, 7) is 4.96. The standard InChI is InChI=1S/C87H167NO5/c1-3-5-7-9-11-13-15-17-19-21-22-23-24-38-41-44-48-51-55-59-63-67-71-75-79-85(90)84(83-89)88-86(91)80-76-72-68-64-60-56-52-49-45-42-39-36-34-32-30-28-26-25-27-29-31-33-35-37-40-43-46-50-54-58-62-66-70-74-78-82-93-87(92)81-77-73-69-65-61-57-53-47-20-18-16-14-12-10-8-6-4-2/h18,20,27,29,75,79,84-85,89-90H,3-17,19,21-26,28,30-74,76-78,80-83H2,1-2H3,(H,88,91)/b20-18-,29-27-,79-75+. The molecule has 0 aromatic rings. The molecule has 0 saturated carbocycles. The first-order valence-electron chi connectivity index (χ1n) is 42.8. The van der Waals surface area contributed by atoms with Crippen LogP contribution in [0.25, 0.3) is 0 Å². The highest BCUT2D eigenvalue weighted by Gasteiger charge is 2.18. The molecule has 0 rings (SSSR count). The summed E-state index contributed by atoms with van der Waals surface area (Å²) < 4.78 is 5.51. The van der Waals surface area contributed by atoms with Crippen molar-refractivity contribution in [2.75, 3.05) is 13.2 Å². The van der Waals surface area contributed by atoms with Gasteiger partial charge in [-0.05, 0) is 83.5 Å². The van der Waals surface area contributed by atoms with Gasteiger partial charge in [0.15, 0.2) is 0 Å². The number of esters is 1. The molecule has 0 radical (unpaired) electrons. The van der Waals surface area contributed by atoms with Crippen molar-refractivity contribution < 1.29 is 24.5 Å². The number of carbonyl (C=O) groups is 2. The van der Waals surface area contributed by atoms with Crippen LogP contribution in [0.1, 0.15) is 483 Å². The van der Waals surface area contributed by atoms with Crippen LogP contribution in [0.3, 0.4) is 0 Å². The summed E-state index contributed by atoms with van der Waals surface area (Å²) in [5.74, 6) is -0.0414. The SMILES string of the molecule is CCCCCCCC/C=C\CCCCCCCCCC(=O)OCCCCCCCCCCCCCCCC/C=C\CCCCCCCCCCCCCCCCCCCC(=O)NC(CO)C(O)/C=C/CCCCCCCCCCCCCCCCCCCCCCCC. The molecule has 3 N–H and O–H groups in total. The van der Waals surface area contributed by atoms with Crippen LogP contribution in [0, 0.1) is 0 Å². The second-order valence-corrected chi connectivity index (χ2v) is 29.5. The molecule has 550 valence electrons. The zero-order chi connectivity index (χ0) is 67.0. The van der Waals surface area contributed by atoms with Gasteiger partial charge in [-0.3, -0.25) is 9.59 Å². The van der Waals surface area contributed by atoms with Gasteiger partial charge in [0.05, 0.1) is 25.4 Å². The Hall–Kier alpha value is -1.92. The maximum atomic E-state index is 12.6. The molecule has 6 heteroatoms. The number of allylic oxidation sites excluding steroid dienone is 5. The van der Waals surface area contributed by atoms with Gasteiger partial charge >= 0.3 is 5.97 Å². The predicted molar refractivity (Wildman–Crippen MR) is 412 cm³/mol. The van der Waals surface area contributed by atoms with Gasteiger partial charge in [-0.15, -0.1) is 0 Å². The Bertz CT molecular complexity index is 1510. The molecule has 0 spiro atoms. The highest BCUT2D eigenvalue weighted by molar-refractivity contribution is 5.76. The van der Waals surface area contributed by atoms with E-state index >= 15 is 0 Å². The van der Waals surface area contributed by atoms with E-state index in [1.807, 2.05) is 6.08 Å². The fraction of sp³-hybridized carbons (Fsp3) is 0.908. The average molecular weight is 1310 g/mol. The van der Waals surface area contributed by atoms with E-state index in [0.29, 0.717) is 19.4 Å². The van der Waals surface area contributed by atoms with E-state index in [0.717, 1.165) is 44.9 Å². The maximum Gasteiger partial charge on any atom is 0.305 e. The summed E-state index contributed by atoms with van der Waals surface area (Å²) in [4.78, 5) is 24.7. The molecule has 0 fully saturated rings. The lowest BCUT2D eigenvalue weighted by atomic mass is 10.0. The van der Waals surface area contributed by atoms with Gasteiger partial charge < -0.3 is 20.3 Å². The molecule has 0 aliphatic carbocycles. The summed E-state index contributed by atoms with van der Waals surface area (Å²) in [6, 6.07) is -0.627. The van der Waals surface area contributed by atoms with E-state index in [4.69, 9.17) is 4.74 Å². The second kappa shape index (κ2) is 82.5. The molecule has 0 heterocycles. The molecule has 0 saturated heterocycles. The minimum atomic E-state index is -0.844. The first-order chi connectivity index (χ1) is 46.0. The van der Waals surface area contributed by atoms with Crippen LogP contribution in [0.5, 0.6) is 0 Å². The Balaban J connectivity index is 3.36. The average Bonchev–Trinajstić information content (AvgIpc) is 3.78. The van der Waals surface area contributed by atoms with E-state index in [9.17, 15) is 19.8 Å². The highest BCUT2D eigenvalue weighted by Crippen LogP contribution is 2.20. The fourth-order valence-electron chi connectivity index (χ4n) is 13.6. The van der Waals surface area contributed by atoms with Crippen LogP contribution < -0.4 is 5.32 Å². The Kier molecular flexibility index (Phi) is 80.8. The molecule has 2 atom stereocenters. The Morgan fingerprint density at radius 2 is 0.505 bits per heavy atom. The topological polar surface area (TPSA) is 95.9 Å². The normalized spacial score (nSPS) is 12.6. The molecule has 0 aliphatic heterocycles. The largest absolute Gasteiger partial charge is 0.466 e. The maximum absolute atomic E-state index is 12.6. The lowest BCUT2D eigenvalue weighted by Crippen LogP contribution is -2.45. The van der Waals surface area contributed by atoms with E-state index < -0.39 is 12.1 Å². The molecule has 93 heavy (non-hydrogen) atoms. The molecule has 1 amide bonds. The fourth-order valence-corrected chi connectivity index (χ4v) is 13.6. The van der Waals surface area contributed by atoms with Gasteiger partial charge in [-0.25, -0.2) is 0 Å². The molecular formula is C87H167NO5. The smallest absolute Gasteiger partial charge is 0.305 e. The van der Waals surface area contributed by atoms with Crippen LogP contribution in [0.2, 0.25) is 0 Å².